The van der Waals surface area contributed by atoms with E-state index in [1.165, 1.54) is 12.1 Å². The van der Waals surface area contributed by atoms with Crippen LogP contribution in [0, 0.1) is 12.7 Å². The number of hydrogen-bond acceptors (Lipinski definition) is 1. The molecule has 0 aliphatic rings. The highest BCUT2D eigenvalue weighted by molar-refractivity contribution is 6.31. The molecule has 1 N–H and O–H groups in total. The molecular formula is C16H14Cl2FN. The number of nitrogens with one attached hydrogen (secondary N) is 1. The Bertz CT molecular complexity index is 653. The molecule has 2 rings (SSSR count). The fourth-order valence-corrected chi connectivity index (χ4v) is 2.31. The molecule has 0 radical (unpaired) electrons. The zero-order chi connectivity index (χ0) is 14.7. The van der Waals surface area contributed by atoms with E-state index in [0.717, 1.165) is 22.4 Å². The SMILES string of the molecule is C=C(NCc1ccc(F)cc1Cl)c1cccc(Cl)c1C. The van der Waals surface area contributed by atoms with Crippen LogP contribution in [-0.4, -0.2) is 0 Å². The van der Waals surface area contributed by atoms with Crippen LogP contribution in [0.2, 0.25) is 10.0 Å². The minimum absolute atomic E-state index is 0.344. The van der Waals surface area contributed by atoms with E-state index in [9.17, 15) is 4.39 Å². The minimum atomic E-state index is -0.344. The first-order valence-corrected chi connectivity index (χ1v) is 6.87. The molecule has 4 heteroatoms. The monoisotopic (exact) mass is 309 g/mol. The van der Waals surface area contributed by atoms with Crippen molar-refractivity contribution in [1.82, 2.24) is 5.32 Å². The Morgan fingerprint density at radius 1 is 1.20 bits per heavy atom. The third-order valence-corrected chi connectivity index (χ3v) is 3.86. The third-order valence-electron chi connectivity index (χ3n) is 3.10. The molecule has 2 aromatic carbocycles. The zero-order valence-corrected chi connectivity index (χ0v) is 12.5. The van der Waals surface area contributed by atoms with Gasteiger partial charge in [-0.25, -0.2) is 4.39 Å². The summed E-state index contributed by atoms with van der Waals surface area (Å²) >= 11 is 12.1. The van der Waals surface area contributed by atoms with Crippen LogP contribution < -0.4 is 5.32 Å². The predicted octanol–water partition coefficient (Wildman–Crippen LogP) is 5.20. The maximum absolute atomic E-state index is 13.0. The van der Waals surface area contributed by atoms with Gasteiger partial charge in [0.25, 0.3) is 0 Å². The van der Waals surface area contributed by atoms with Crippen molar-refractivity contribution in [3.05, 3.63) is 75.5 Å². The summed E-state index contributed by atoms with van der Waals surface area (Å²) in [5, 5.41) is 4.28. The second-order valence-corrected chi connectivity index (χ2v) is 5.29. The molecule has 0 fully saturated rings. The predicted molar refractivity (Wildman–Crippen MR) is 83.5 cm³/mol. The summed E-state index contributed by atoms with van der Waals surface area (Å²) in [7, 11) is 0. The van der Waals surface area contributed by atoms with Gasteiger partial charge in [0.15, 0.2) is 0 Å². The lowest BCUT2D eigenvalue weighted by atomic mass is 10.1. The molecule has 0 aromatic heterocycles. The smallest absolute Gasteiger partial charge is 0.124 e. The van der Waals surface area contributed by atoms with E-state index < -0.39 is 0 Å². The van der Waals surface area contributed by atoms with Crippen molar-refractivity contribution in [1.29, 1.82) is 0 Å². The molecule has 0 spiro atoms. The molecule has 0 unspecified atom stereocenters. The molecule has 0 heterocycles. The highest BCUT2D eigenvalue weighted by Gasteiger charge is 2.07. The Labute approximate surface area is 128 Å². The molecule has 0 saturated heterocycles. The fourth-order valence-electron chi connectivity index (χ4n) is 1.90. The van der Waals surface area contributed by atoms with Gasteiger partial charge in [-0.3, -0.25) is 0 Å². The normalized spacial score (nSPS) is 10.4. The molecule has 0 aliphatic carbocycles. The van der Waals surface area contributed by atoms with Crippen molar-refractivity contribution in [2.24, 2.45) is 0 Å². The Morgan fingerprint density at radius 2 is 1.95 bits per heavy atom. The van der Waals surface area contributed by atoms with Crippen LogP contribution >= 0.6 is 23.2 Å². The minimum Gasteiger partial charge on any atom is -0.381 e. The van der Waals surface area contributed by atoms with Crippen molar-refractivity contribution in [2.45, 2.75) is 13.5 Å². The first kappa shape index (κ1) is 14.9. The standard InChI is InChI=1S/C16H14Cl2FN/c1-10-14(4-3-5-15(10)17)11(2)20-9-12-6-7-13(19)8-16(12)18/h3-8,20H,2,9H2,1H3. The van der Waals surface area contributed by atoms with Crippen LogP contribution in [0.15, 0.2) is 43.0 Å². The second-order valence-electron chi connectivity index (χ2n) is 4.48. The number of hydrogen-bond donors (Lipinski definition) is 1. The molecule has 0 saturated carbocycles. The van der Waals surface area contributed by atoms with Crippen molar-refractivity contribution < 1.29 is 4.39 Å². The Kier molecular flexibility index (Phi) is 4.69. The van der Waals surface area contributed by atoms with Gasteiger partial charge < -0.3 is 5.32 Å². The number of rotatable bonds is 4. The largest absolute Gasteiger partial charge is 0.381 e. The van der Waals surface area contributed by atoms with Crippen LogP contribution in [0.5, 0.6) is 0 Å². The van der Waals surface area contributed by atoms with Gasteiger partial charge in [-0.1, -0.05) is 48.0 Å². The lowest BCUT2D eigenvalue weighted by Gasteiger charge is -2.14. The summed E-state index contributed by atoms with van der Waals surface area (Å²) in [6, 6.07) is 10.0. The topological polar surface area (TPSA) is 12.0 Å². The van der Waals surface area contributed by atoms with Crippen LogP contribution in [0.25, 0.3) is 5.70 Å². The average Bonchev–Trinajstić information content (AvgIpc) is 2.40. The molecular weight excluding hydrogens is 296 g/mol. The fraction of sp³-hybridized carbons (Fsp3) is 0.125. The average molecular weight is 310 g/mol. The van der Waals surface area contributed by atoms with E-state index in [0.29, 0.717) is 16.6 Å². The van der Waals surface area contributed by atoms with Gasteiger partial charge in [-0.05, 0) is 36.2 Å². The third kappa shape index (κ3) is 3.33. The summed E-state index contributed by atoms with van der Waals surface area (Å²) in [6.45, 7) is 6.42. The van der Waals surface area contributed by atoms with Crippen molar-refractivity contribution in [3.8, 4) is 0 Å². The van der Waals surface area contributed by atoms with E-state index in [1.54, 1.807) is 6.07 Å². The second kappa shape index (κ2) is 6.29. The van der Waals surface area contributed by atoms with E-state index in [4.69, 9.17) is 23.2 Å². The highest BCUT2D eigenvalue weighted by atomic mass is 35.5. The van der Waals surface area contributed by atoms with Crippen molar-refractivity contribution in [2.75, 3.05) is 0 Å². The van der Waals surface area contributed by atoms with Gasteiger partial charge >= 0.3 is 0 Å². The summed E-state index contributed by atoms with van der Waals surface area (Å²) in [5.74, 6) is -0.344. The molecule has 104 valence electrons. The lowest BCUT2D eigenvalue weighted by Crippen LogP contribution is -2.12. The first-order valence-electron chi connectivity index (χ1n) is 6.11. The molecule has 20 heavy (non-hydrogen) atoms. The number of halogens is 3. The van der Waals surface area contributed by atoms with Crippen LogP contribution in [-0.2, 0) is 6.54 Å². The molecule has 0 bridgehead atoms. The molecule has 0 amide bonds. The summed E-state index contributed by atoms with van der Waals surface area (Å²) in [4.78, 5) is 0. The Hall–Kier alpha value is -1.51. The maximum atomic E-state index is 13.0. The number of benzene rings is 2. The van der Waals surface area contributed by atoms with E-state index in [-0.39, 0.29) is 5.82 Å². The van der Waals surface area contributed by atoms with E-state index >= 15 is 0 Å². The summed E-state index contributed by atoms with van der Waals surface area (Å²) in [6.07, 6.45) is 0. The maximum Gasteiger partial charge on any atom is 0.124 e. The van der Waals surface area contributed by atoms with Crippen molar-refractivity contribution in [3.63, 3.8) is 0 Å². The van der Waals surface area contributed by atoms with Crippen LogP contribution in [0.4, 0.5) is 4.39 Å². The molecule has 2 aromatic rings. The lowest BCUT2D eigenvalue weighted by molar-refractivity contribution is 0.627. The Morgan fingerprint density at radius 3 is 2.65 bits per heavy atom. The molecule has 1 nitrogen and oxygen atoms in total. The molecule has 0 atom stereocenters. The summed E-state index contributed by atoms with van der Waals surface area (Å²) in [5.41, 5.74) is 3.49. The van der Waals surface area contributed by atoms with Crippen molar-refractivity contribution >= 4 is 28.9 Å². The summed E-state index contributed by atoms with van der Waals surface area (Å²) < 4.78 is 13.0. The zero-order valence-electron chi connectivity index (χ0n) is 11.0. The van der Waals surface area contributed by atoms with Gasteiger partial charge in [-0.15, -0.1) is 0 Å². The Balaban J connectivity index is 2.11. The quantitative estimate of drug-likeness (QED) is 0.818. The molecule has 0 aliphatic heterocycles. The van der Waals surface area contributed by atoms with Gasteiger partial charge in [0.05, 0.1) is 0 Å². The van der Waals surface area contributed by atoms with Gasteiger partial charge in [-0.2, -0.15) is 0 Å². The van der Waals surface area contributed by atoms with Crippen LogP contribution in [0.3, 0.4) is 0 Å². The van der Waals surface area contributed by atoms with E-state index in [1.807, 2.05) is 25.1 Å². The van der Waals surface area contributed by atoms with E-state index in [2.05, 4.69) is 11.9 Å². The highest BCUT2D eigenvalue weighted by Crippen LogP contribution is 2.23. The van der Waals surface area contributed by atoms with Gasteiger partial charge in [0.2, 0.25) is 0 Å². The van der Waals surface area contributed by atoms with Gasteiger partial charge in [0, 0.05) is 27.9 Å². The van der Waals surface area contributed by atoms with Gasteiger partial charge in [0.1, 0.15) is 5.82 Å². The van der Waals surface area contributed by atoms with Crippen LogP contribution in [0.1, 0.15) is 16.7 Å². The first-order chi connectivity index (χ1) is 9.49.